The summed E-state index contributed by atoms with van der Waals surface area (Å²) in [5.74, 6) is -0.979. The molecule has 34 heavy (non-hydrogen) atoms. The Morgan fingerprint density at radius 2 is 1.79 bits per heavy atom. The highest BCUT2D eigenvalue weighted by Gasteiger charge is 2.44. The van der Waals surface area contributed by atoms with Gasteiger partial charge in [0.2, 0.25) is 5.91 Å². The van der Waals surface area contributed by atoms with E-state index in [0.29, 0.717) is 28.6 Å². The third-order valence-electron chi connectivity index (χ3n) is 5.30. The van der Waals surface area contributed by atoms with E-state index in [0.717, 1.165) is 4.88 Å². The molecule has 9 heteroatoms. The second-order valence-electron chi connectivity index (χ2n) is 7.56. The average molecular weight is 494 g/mol. The molecule has 1 fully saturated rings. The van der Waals surface area contributed by atoms with Crippen molar-refractivity contribution in [3.8, 4) is 0 Å². The summed E-state index contributed by atoms with van der Waals surface area (Å²) in [6.45, 7) is 2.47. The fourth-order valence-electron chi connectivity index (χ4n) is 3.69. The Kier molecular flexibility index (Phi) is 7.34. The monoisotopic (exact) mass is 493 g/mol. The minimum absolute atomic E-state index is 0.0622. The summed E-state index contributed by atoms with van der Waals surface area (Å²) in [5, 5.41) is 5.15. The maximum Gasteiger partial charge on any atom is 0.338 e. The van der Waals surface area contributed by atoms with Gasteiger partial charge in [0.1, 0.15) is 6.04 Å². The number of ether oxygens (including phenoxy) is 1. The van der Waals surface area contributed by atoms with Crippen molar-refractivity contribution in [3.05, 3.63) is 82.6 Å². The minimum atomic E-state index is -0.728. The maximum atomic E-state index is 13.4. The molecule has 2 heterocycles. The first-order valence-electron chi connectivity index (χ1n) is 10.8. The Bertz CT molecular complexity index is 1180. The normalized spacial score (nSPS) is 15.5. The summed E-state index contributed by atoms with van der Waals surface area (Å²) in [6.07, 6.45) is -0.0622. The lowest BCUT2D eigenvalue weighted by Gasteiger charge is -2.23. The molecule has 2 amide bonds. The molecule has 2 aromatic carbocycles. The van der Waals surface area contributed by atoms with Crippen LogP contribution >= 0.6 is 23.6 Å². The molecular weight excluding hydrogens is 470 g/mol. The number of amides is 2. The molecule has 0 unspecified atom stereocenters. The zero-order valence-electron chi connectivity index (χ0n) is 18.5. The van der Waals surface area contributed by atoms with Gasteiger partial charge in [-0.05, 0) is 67.0 Å². The first-order valence-corrected chi connectivity index (χ1v) is 12.1. The SMILES string of the molecule is CCOC(=O)c1ccc(NC(=O)C[C@@H]2C(=O)N(c3ccccc3)C(=S)N2Cc2cccs2)cc1. The number of nitrogens with one attached hydrogen (secondary N) is 1. The molecule has 0 aliphatic carbocycles. The van der Waals surface area contributed by atoms with Gasteiger partial charge in [-0.15, -0.1) is 11.3 Å². The number of carbonyl (C=O) groups is 3. The second kappa shape index (κ2) is 10.6. The number of carbonyl (C=O) groups excluding carboxylic acids is 3. The van der Waals surface area contributed by atoms with E-state index in [2.05, 4.69) is 5.32 Å². The molecule has 1 aliphatic heterocycles. The van der Waals surface area contributed by atoms with E-state index < -0.39 is 12.0 Å². The van der Waals surface area contributed by atoms with Crippen molar-refractivity contribution in [3.63, 3.8) is 0 Å². The Labute approximate surface area is 206 Å². The molecule has 4 rings (SSSR count). The molecule has 7 nitrogen and oxygen atoms in total. The lowest BCUT2D eigenvalue weighted by atomic mass is 10.1. The van der Waals surface area contributed by atoms with Crippen LogP contribution in [-0.2, 0) is 20.9 Å². The fourth-order valence-corrected chi connectivity index (χ4v) is 4.78. The third kappa shape index (κ3) is 5.16. The number of hydrogen-bond donors (Lipinski definition) is 1. The maximum absolute atomic E-state index is 13.4. The van der Waals surface area contributed by atoms with Crippen LogP contribution in [0.15, 0.2) is 72.1 Å². The predicted octanol–water partition coefficient (Wildman–Crippen LogP) is 4.46. The molecule has 1 aliphatic rings. The molecule has 0 radical (unpaired) electrons. The van der Waals surface area contributed by atoms with Crippen LogP contribution < -0.4 is 10.2 Å². The molecule has 0 saturated carbocycles. The predicted molar refractivity (Wildman–Crippen MR) is 136 cm³/mol. The van der Waals surface area contributed by atoms with Gasteiger partial charge >= 0.3 is 5.97 Å². The number of anilines is 2. The summed E-state index contributed by atoms with van der Waals surface area (Å²) < 4.78 is 4.98. The van der Waals surface area contributed by atoms with Crippen molar-refractivity contribution in [2.75, 3.05) is 16.8 Å². The summed E-state index contributed by atoms with van der Waals surface area (Å²) in [5.41, 5.74) is 1.60. The first-order chi connectivity index (χ1) is 16.5. The Morgan fingerprint density at radius 1 is 1.06 bits per heavy atom. The zero-order chi connectivity index (χ0) is 24.1. The average Bonchev–Trinajstić information content (AvgIpc) is 3.43. The van der Waals surface area contributed by atoms with Gasteiger partial charge in [-0.2, -0.15) is 0 Å². The number of hydrogen-bond acceptors (Lipinski definition) is 6. The summed E-state index contributed by atoms with van der Waals surface area (Å²) >= 11 is 7.25. The van der Waals surface area contributed by atoms with Crippen LogP contribution in [0.5, 0.6) is 0 Å². The molecular formula is C25H23N3O4S2. The summed E-state index contributed by atoms with van der Waals surface area (Å²) in [7, 11) is 0. The van der Waals surface area contributed by atoms with Gasteiger partial charge in [0.05, 0.1) is 30.8 Å². The van der Waals surface area contributed by atoms with Crippen LogP contribution in [0.1, 0.15) is 28.6 Å². The number of thiophene rings is 1. The van der Waals surface area contributed by atoms with E-state index in [1.807, 2.05) is 47.8 Å². The van der Waals surface area contributed by atoms with Gasteiger partial charge in [0.25, 0.3) is 5.91 Å². The number of benzene rings is 2. The number of rotatable bonds is 8. The van der Waals surface area contributed by atoms with Crippen LogP contribution in [0.4, 0.5) is 11.4 Å². The van der Waals surface area contributed by atoms with E-state index in [1.165, 1.54) is 4.90 Å². The summed E-state index contributed by atoms with van der Waals surface area (Å²) in [6, 6.07) is 18.8. The third-order valence-corrected chi connectivity index (χ3v) is 6.58. The molecule has 1 N–H and O–H groups in total. The fraction of sp³-hybridized carbons (Fsp3) is 0.200. The molecule has 1 saturated heterocycles. The Balaban J connectivity index is 1.50. The van der Waals surface area contributed by atoms with Gasteiger partial charge in [0.15, 0.2) is 5.11 Å². The van der Waals surface area contributed by atoms with Crippen LogP contribution in [0.2, 0.25) is 0 Å². The largest absolute Gasteiger partial charge is 0.462 e. The molecule has 0 bridgehead atoms. The molecule has 3 aromatic rings. The van der Waals surface area contributed by atoms with E-state index >= 15 is 0 Å². The second-order valence-corrected chi connectivity index (χ2v) is 8.96. The minimum Gasteiger partial charge on any atom is -0.462 e. The quantitative estimate of drug-likeness (QED) is 0.369. The van der Waals surface area contributed by atoms with Crippen molar-refractivity contribution in [2.24, 2.45) is 0 Å². The van der Waals surface area contributed by atoms with E-state index in [4.69, 9.17) is 17.0 Å². The van der Waals surface area contributed by atoms with Crippen molar-refractivity contribution in [1.29, 1.82) is 0 Å². The highest BCUT2D eigenvalue weighted by Crippen LogP contribution is 2.29. The lowest BCUT2D eigenvalue weighted by Crippen LogP contribution is -2.37. The van der Waals surface area contributed by atoms with E-state index in [9.17, 15) is 14.4 Å². The molecule has 0 spiro atoms. The molecule has 1 aromatic heterocycles. The van der Waals surface area contributed by atoms with Gasteiger partial charge in [-0.3, -0.25) is 14.5 Å². The van der Waals surface area contributed by atoms with Crippen LogP contribution in [0, 0.1) is 0 Å². The van der Waals surface area contributed by atoms with Crippen molar-refractivity contribution < 1.29 is 19.1 Å². The van der Waals surface area contributed by atoms with Crippen LogP contribution in [0.3, 0.4) is 0 Å². The van der Waals surface area contributed by atoms with Crippen molar-refractivity contribution in [1.82, 2.24) is 4.90 Å². The van der Waals surface area contributed by atoms with Gasteiger partial charge in [0, 0.05) is 10.6 Å². The van der Waals surface area contributed by atoms with Crippen LogP contribution in [-0.4, -0.2) is 40.4 Å². The van der Waals surface area contributed by atoms with E-state index in [-0.39, 0.29) is 24.8 Å². The number of para-hydroxylation sites is 1. The number of thiocarbonyl (C=S) groups is 1. The van der Waals surface area contributed by atoms with Gasteiger partial charge < -0.3 is 15.0 Å². The van der Waals surface area contributed by atoms with E-state index in [1.54, 1.807) is 47.4 Å². The topological polar surface area (TPSA) is 78.9 Å². The van der Waals surface area contributed by atoms with Crippen LogP contribution in [0.25, 0.3) is 0 Å². The number of esters is 1. The number of nitrogens with zero attached hydrogens (tertiary/aromatic N) is 2. The van der Waals surface area contributed by atoms with Crippen molar-refractivity contribution >= 4 is 57.8 Å². The Hall–Kier alpha value is -3.56. The Morgan fingerprint density at radius 3 is 2.44 bits per heavy atom. The smallest absolute Gasteiger partial charge is 0.338 e. The highest BCUT2D eigenvalue weighted by molar-refractivity contribution is 7.80. The standard InChI is InChI=1S/C25H23N3O4S2/c1-2-32-24(31)17-10-12-18(13-11-17)26-22(29)15-21-23(30)28(19-7-4-3-5-8-19)25(33)27(21)16-20-9-6-14-34-20/h3-14,21H,2,15-16H2,1H3,(H,26,29)/t21-/m1/s1. The molecule has 174 valence electrons. The van der Waals surface area contributed by atoms with Gasteiger partial charge in [-0.1, -0.05) is 24.3 Å². The molecule has 1 atom stereocenters. The first kappa shape index (κ1) is 23.6. The highest BCUT2D eigenvalue weighted by atomic mass is 32.1. The lowest BCUT2D eigenvalue weighted by molar-refractivity contribution is -0.124. The van der Waals surface area contributed by atoms with Gasteiger partial charge in [-0.25, -0.2) is 4.79 Å². The van der Waals surface area contributed by atoms with Crippen molar-refractivity contribution in [2.45, 2.75) is 25.9 Å². The zero-order valence-corrected chi connectivity index (χ0v) is 20.1. The summed E-state index contributed by atoms with van der Waals surface area (Å²) in [4.78, 5) is 42.5.